The molecule has 0 bridgehead atoms. The third kappa shape index (κ3) is 9.48. The molecule has 7 aromatic rings. The van der Waals surface area contributed by atoms with Gasteiger partial charge in [0.05, 0.1) is 0 Å². The summed E-state index contributed by atoms with van der Waals surface area (Å²) >= 11 is 1.65. The highest BCUT2D eigenvalue weighted by Gasteiger charge is 2.27. The van der Waals surface area contributed by atoms with E-state index in [0.29, 0.717) is 0 Å². The molecule has 344 valence electrons. The van der Waals surface area contributed by atoms with Gasteiger partial charge in [-0.1, -0.05) is 184 Å². The molecule has 1 aromatic heterocycles. The zero-order valence-corrected chi connectivity index (χ0v) is 41.0. The van der Waals surface area contributed by atoms with E-state index in [1.165, 1.54) is 27.8 Å². The van der Waals surface area contributed by atoms with Crippen molar-refractivity contribution in [3.63, 3.8) is 0 Å². The van der Waals surface area contributed by atoms with Gasteiger partial charge in [0.1, 0.15) is 11.3 Å². The monoisotopic (exact) mass is 934 g/mol. The van der Waals surface area contributed by atoms with Gasteiger partial charge in [0.2, 0.25) is 0 Å². The zero-order valence-electron chi connectivity index (χ0n) is 40.2. The fourth-order valence-electron chi connectivity index (χ4n) is 9.66. The number of thioether (sulfide) groups is 1. The second-order valence-electron chi connectivity index (χ2n) is 17.6. The van der Waals surface area contributed by atoms with Crippen LogP contribution in [0.4, 0.5) is 22.7 Å². The van der Waals surface area contributed by atoms with Crippen molar-refractivity contribution >= 4 is 73.0 Å². The van der Waals surface area contributed by atoms with Gasteiger partial charge >= 0.3 is 0 Å². The first-order valence-corrected chi connectivity index (χ1v) is 24.8. The zero-order chi connectivity index (χ0) is 48.8. The molecule has 4 heteroatoms. The van der Waals surface area contributed by atoms with Crippen molar-refractivity contribution in [3.05, 3.63) is 300 Å². The number of nitrogens with one attached hydrogen (secondary N) is 1. The molecule has 1 N–H and O–H groups in total. The molecule has 3 aliphatic carbocycles. The second kappa shape index (κ2) is 20.6. The summed E-state index contributed by atoms with van der Waals surface area (Å²) in [4.78, 5) is 4.32. The van der Waals surface area contributed by atoms with Crippen molar-refractivity contribution in [3.8, 4) is 11.1 Å². The lowest BCUT2D eigenvalue weighted by molar-refractivity contribution is 0.605. The van der Waals surface area contributed by atoms with E-state index < -0.39 is 0 Å². The number of allylic oxidation sites excluding steroid dienone is 15. The molecule has 0 spiro atoms. The molecule has 1 heterocycles. The molecular weight excluding hydrogens is 881 g/mol. The van der Waals surface area contributed by atoms with Crippen LogP contribution in [0.5, 0.6) is 0 Å². The number of rotatable bonds is 17. The summed E-state index contributed by atoms with van der Waals surface area (Å²) in [7, 11) is 0. The van der Waals surface area contributed by atoms with E-state index in [1.54, 1.807) is 11.8 Å². The minimum Gasteiger partial charge on any atom is -0.455 e. The van der Waals surface area contributed by atoms with E-state index in [0.717, 1.165) is 100 Å². The number of hydrogen-bond acceptors (Lipinski definition) is 4. The van der Waals surface area contributed by atoms with Crippen molar-refractivity contribution < 1.29 is 4.42 Å². The summed E-state index contributed by atoms with van der Waals surface area (Å²) in [6.45, 7) is 21.4. The summed E-state index contributed by atoms with van der Waals surface area (Å²) in [5.74, 6) is 0.953. The Hall–Kier alpha value is -8.53. The molecule has 0 amide bonds. The first-order valence-electron chi connectivity index (χ1n) is 24.0. The van der Waals surface area contributed by atoms with Gasteiger partial charge in [-0.05, 0) is 137 Å². The molecule has 0 fully saturated rings. The Morgan fingerprint density at radius 1 is 0.761 bits per heavy atom. The van der Waals surface area contributed by atoms with E-state index >= 15 is 0 Å². The second-order valence-corrected chi connectivity index (χ2v) is 18.8. The van der Waals surface area contributed by atoms with E-state index in [4.69, 9.17) is 4.42 Å². The molecular formula is C67H54N2OS. The lowest BCUT2D eigenvalue weighted by atomic mass is 9.91. The number of anilines is 4. The van der Waals surface area contributed by atoms with E-state index in [2.05, 4.69) is 207 Å². The van der Waals surface area contributed by atoms with Crippen LogP contribution in [0, 0.1) is 0 Å². The smallest absolute Gasteiger partial charge is 0.143 e. The van der Waals surface area contributed by atoms with Crippen LogP contribution >= 0.6 is 11.8 Å². The molecule has 71 heavy (non-hydrogen) atoms. The van der Waals surface area contributed by atoms with Crippen LogP contribution in [0.2, 0.25) is 0 Å². The predicted octanol–water partition coefficient (Wildman–Crippen LogP) is 18.9. The molecule has 0 radical (unpaired) electrons. The molecule has 1 atom stereocenters. The van der Waals surface area contributed by atoms with Gasteiger partial charge in [0, 0.05) is 72.3 Å². The maximum atomic E-state index is 6.39. The van der Waals surface area contributed by atoms with Gasteiger partial charge in [-0.3, -0.25) is 0 Å². The number of furan rings is 1. The van der Waals surface area contributed by atoms with Gasteiger partial charge in [0.25, 0.3) is 0 Å². The van der Waals surface area contributed by atoms with Crippen LogP contribution in [-0.4, -0.2) is 0 Å². The van der Waals surface area contributed by atoms with Gasteiger partial charge in [-0.2, -0.15) is 0 Å². The summed E-state index contributed by atoms with van der Waals surface area (Å²) in [6.07, 6.45) is 28.3. The minimum absolute atomic E-state index is 0.0975. The third-order valence-corrected chi connectivity index (χ3v) is 14.2. The first kappa shape index (κ1) is 46.2. The molecule has 6 aromatic carbocycles. The van der Waals surface area contributed by atoms with Gasteiger partial charge in [-0.25, -0.2) is 0 Å². The third-order valence-electron chi connectivity index (χ3n) is 13.1. The Bertz CT molecular complexity index is 3560. The molecule has 3 aliphatic rings. The summed E-state index contributed by atoms with van der Waals surface area (Å²) in [5.41, 5.74) is 22.8. The molecule has 3 nitrogen and oxygen atoms in total. The van der Waals surface area contributed by atoms with Crippen LogP contribution in [0.1, 0.15) is 58.9 Å². The highest BCUT2D eigenvalue weighted by Crippen LogP contribution is 2.45. The first-order chi connectivity index (χ1) is 34.8. The number of fused-ring (bicyclic) bond motifs is 4. The van der Waals surface area contributed by atoms with E-state index in [9.17, 15) is 0 Å². The number of hydrogen-bond donors (Lipinski definition) is 1. The van der Waals surface area contributed by atoms with Crippen molar-refractivity contribution in [1.29, 1.82) is 0 Å². The average molecular weight is 935 g/mol. The topological polar surface area (TPSA) is 28.4 Å². The fraction of sp³-hybridized carbons (Fsp3) is 0.0597. The van der Waals surface area contributed by atoms with Gasteiger partial charge in [0.15, 0.2) is 0 Å². The van der Waals surface area contributed by atoms with Crippen molar-refractivity contribution in [2.45, 2.75) is 26.2 Å². The average Bonchev–Trinajstić information content (AvgIpc) is 4.22. The Labute approximate surface area is 422 Å². The molecule has 10 rings (SSSR count). The standard InChI is InChI=1S/C67H54N2OS/c1-7-19-45(4)46(5)21-15-32-66(71-47(6)57-24-13-14-30-64(57)68-52-22-11-10-12-23-52)49-35-40-54(41-36-49)69(53-38-33-48(34-39-53)59-26-17-29-62-61-28-18-31-65(61)70-67(59)62)55-42-37-51(43-55)58-25-16-27-60-56(9-3)50(20-8-2)44-63(58)60/h7-17,19-43,51,68H,3-6,44H2,1-2H3/b19-7-,20-8-,21-15-,66-32-. The Balaban J connectivity index is 1.01. The van der Waals surface area contributed by atoms with Crippen molar-refractivity contribution in [1.82, 2.24) is 0 Å². The van der Waals surface area contributed by atoms with Crippen molar-refractivity contribution in [2.24, 2.45) is 0 Å². The summed E-state index contributed by atoms with van der Waals surface area (Å²) < 4.78 is 6.39. The molecule has 0 saturated carbocycles. The summed E-state index contributed by atoms with van der Waals surface area (Å²) in [5, 5.41) is 4.70. The van der Waals surface area contributed by atoms with E-state index in [1.807, 2.05) is 67.6 Å². The molecule has 0 aliphatic heterocycles. The Morgan fingerprint density at radius 2 is 1.49 bits per heavy atom. The normalized spacial score (nSPS) is 14.8. The lowest BCUT2D eigenvalue weighted by Gasteiger charge is -2.26. The SMILES string of the molecule is C=CC1=C(/C=C\C)Cc2c1cccc2C1C=CC(N(c2ccc(/C(=C/C=C\C(=C)C(=C)/C=C\C)SC(=C)c3ccccc3Nc3ccccc3)cc2)c2ccc(-c3cccc4c5c(oc34)C=C=C5)cc2)=C1. The maximum absolute atomic E-state index is 6.39. The van der Waals surface area contributed by atoms with E-state index in [-0.39, 0.29) is 5.92 Å². The highest BCUT2D eigenvalue weighted by molar-refractivity contribution is 8.16. The minimum atomic E-state index is 0.0975. The largest absolute Gasteiger partial charge is 0.455 e. The number of benzene rings is 6. The van der Waals surface area contributed by atoms with Crippen LogP contribution in [0.3, 0.4) is 0 Å². The van der Waals surface area contributed by atoms with Crippen LogP contribution in [-0.2, 0) is 6.42 Å². The fourth-order valence-corrected chi connectivity index (χ4v) is 10.6. The van der Waals surface area contributed by atoms with Crippen molar-refractivity contribution in [2.75, 3.05) is 10.2 Å². The quantitative estimate of drug-likeness (QED) is 0.0727. The Morgan fingerprint density at radius 3 is 2.27 bits per heavy atom. The molecule has 0 saturated heterocycles. The number of nitrogens with zero attached hydrogens (tertiary/aromatic N) is 1. The summed E-state index contributed by atoms with van der Waals surface area (Å²) in [6, 6.07) is 49.3. The highest BCUT2D eigenvalue weighted by atomic mass is 32.2. The Kier molecular flexibility index (Phi) is 13.4. The predicted molar refractivity (Wildman–Crippen MR) is 308 cm³/mol. The van der Waals surface area contributed by atoms with Gasteiger partial charge in [-0.15, -0.1) is 5.73 Å². The lowest BCUT2D eigenvalue weighted by Crippen LogP contribution is -2.14. The molecule has 1 unspecified atom stereocenters. The number of para-hydroxylation sites is 3. The van der Waals surface area contributed by atoms with Crippen LogP contribution in [0.25, 0.3) is 49.6 Å². The maximum Gasteiger partial charge on any atom is 0.143 e. The van der Waals surface area contributed by atoms with Crippen LogP contribution in [0.15, 0.2) is 265 Å². The van der Waals surface area contributed by atoms with Crippen LogP contribution < -0.4 is 10.2 Å². The van der Waals surface area contributed by atoms with Gasteiger partial charge < -0.3 is 14.6 Å².